The van der Waals surface area contributed by atoms with Gasteiger partial charge in [0, 0.05) is 28.9 Å². The van der Waals surface area contributed by atoms with Gasteiger partial charge in [-0.15, -0.1) is 11.3 Å². The van der Waals surface area contributed by atoms with Gasteiger partial charge < -0.3 is 9.72 Å². The molecule has 0 spiro atoms. The zero-order chi connectivity index (χ0) is 16.5. The lowest BCUT2D eigenvalue weighted by molar-refractivity contribution is 0.415. The standard InChI is InChI=1S/C18H13N3O2S/c1-23-13-6-4-11(5-7-13)14-10-24-18-15(14)17(22)20-16(21-18)12-3-2-8-19-9-12/h2-10H,1H3,(H,20,21,22). The summed E-state index contributed by atoms with van der Waals surface area (Å²) in [5.74, 6) is 1.31. The highest BCUT2D eigenvalue weighted by Crippen LogP contribution is 2.32. The van der Waals surface area contributed by atoms with Gasteiger partial charge in [0.25, 0.3) is 5.56 Å². The summed E-state index contributed by atoms with van der Waals surface area (Å²) in [6.45, 7) is 0. The molecule has 0 aliphatic heterocycles. The van der Waals surface area contributed by atoms with E-state index in [4.69, 9.17) is 4.74 Å². The van der Waals surface area contributed by atoms with Crippen LogP contribution in [0.5, 0.6) is 5.75 Å². The van der Waals surface area contributed by atoms with Crippen molar-refractivity contribution in [2.24, 2.45) is 0 Å². The number of H-pyrrole nitrogens is 1. The summed E-state index contributed by atoms with van der Waals surface area (Å²) >= 11 is 1.46. The summed E-state index contributed by atoms with van der Waals surface area (Å²) in [5.41, 5.74) is 2.48. The molecule has 0 bridgehead atoms. The molecule has 3 aromatic heterocycles. The molecule has 1 N–H and O–H groups in total. The minimum Gasteiger partial charge on any atom is -0.497 e. The van der Waals surface area contributed by atoms with Crippen molar-refractivity contribution >= 4 is 21.6 Å². The molecule has 1 aromatic carbocycles. The first-order chi connectivity index (χ1) is 11.8. The summed E-state index contributed by atoms with van der Waals surface area (Å²) in [7, 11) is 1.63. The molecule has 5 nitrogen and oxygen atoms in total. The number of nitrogens with zero attached hydrogens (tertiary/aromatic N) is 2. The van der Waals surface area contributed by atoms with Crippen LogP contribution in [0.15, 0.2) is 59.0 Å². The fourth-order valence-electron chi connectivity index (χ4n) is 2.57. The summed E-state index contributed by atoms with van der Waals surface area (Å²) in [4.78, 5) is 24.8. The monoisotopic (exact) mass is 335 g/mol. The zero-order valence-corrected chi connectivity index (χ0v) is 13.6. The molecule has 4 rings (SSSR count). The van der Waals surface area contributed by atoms with Gasteiger partial charge in [-0.3, -0.25) is 9.78 Å². The highest BCUT2D eigenvalue weighted by molar-refractivity contribution is 7.17. The number of hydrogen-bond donors (Lipinski definition) is 1. The number of rotatable bonds is 3. The van der Waals surface area contributed by atoms with Gasteiger partial charge in [0.2, 0.25) is 0 Å². The number of fused-ring (bicyclic) bond motifs is 1. The van der Waals surface area contributed by atoms with E-state index in [0.717, 1.165) is 22.4 Å². The van der Waals surface area contributed by atoms with Crippen molar-refractivity contribution in [3.63, 3.8) is 0 Å². The summed E-state index contributed by atoms with van der Waals surface area (Å²) in [6, 6.07) is 11.3. The fourth-order valence-corrected chi connectivity index (χ4v) is 3.52. The Kier molecular flexibility index (Phi) is 3.59. The lowest BCUT2D eigenvalue weighted by atomic mass is 10.1. The summed E-state index contributed by atoms with van der Waals surface area (Å²) in [5, 5.41) is 2.57. The number of hydrogen-bond acceptors (Lipinski definition) is 5. The Bertz CT molecular complexity index is 1050. The van der Waals surface area contributed by atoms with E-state index in [1.165, 1.54) is 11.3 Å². The molecule has 0 amide bonds. The van der Waals surface area contributed by atoms with E-state index in [1.807, 2.05) is 41.8 Å². The van der Waals surface area contributed by atoms with Gasteiger partial charge in [0.05, 0.1) is 12.5 Å². The van der Waals surface area contributed by atoms with Gasteiger partial charge in [-0.25, -0.2) is 4.98 Å². The van der Waals surface area contributed by atoms with Crippen LogP contribution in [-0.2, 0) is 0 Å². The van der Waals surface area contributed by atoms with Gasteiger partial charge in [-0.1, -0.05) is 12.1 Å². The van der Waals surface area contributed by atoms with E-state index in [2.05, 4.69) is 15.0 Å². The highest BCUT2D eigenvalue weighted by atomic mass is 32.1. The molecule has 0 saturated carbocycles. The van der Waals surface area contributed by atoms with Gasteiger partial charge in [0.15, 0.2) is 0 Å². The smallest absolute Gasteiger partial charge is 0.260 e. The van der Waals surface area contributed by atoms with Crippen LogP contribution in [0, 0.1) is 0 Å². The van der Waals surface area contributed by atoms with E-state index in [-0.39, 0.29) is 5.56 Å². The molecular weight excluding hydrogens is 322 g/mol. The topological polar surface area (TPSA) is 67.9 Å². The Hall–Kier alpha value is -2.99. The van der Waals surface area contributed by atoms with Crippen LogP contribution in [0.3, 0.4) is 0 Å². The molecule has 4 aromatic rings. The van der Waals surface area contributed by atoms with Crippen molar-refractivity contribution in [3.8, 4) is 28.3 Å². The number of nitrogens with one attached hydrogen (secondary N) is 1. The largest absolute Gasteiger partial charge is 0.497 e. The Morgan fingerprint density at radius 1 is 1.12 bits per heavy atom. The molecule has 0 saturated heterocycles. The average molecular weight is 335 g/mol. The maximum absolute atomic E-state index is 12.6. The molecule has 6 heteroatoms. The van der Waals surface area contributed by atoms with E-state index in [9.17, 15) is 4.79 Å². The maximum atomic E-state index is 12.6. The number of ether oxygens (including phenoxy) is 1. The predicted molar refractivity (Wildman–Crippen MR) is 95.5 cm³/mol. The Balaban J connectivity index is 1.86. The third-order valence-electron chi connectivity index (χ3n) is 3.78. The zero-order valence-electron chi connectivity index (χ0n) is 12.8. The highest BCUT2D eigenvalue weighted by Gasteiger charge is 2.13. The van der Waals surface area contributed by atoms with E-state index < -0.39 is 0 Å². The van der Waals surface area contributed by atoms with Crippen LogP contribution in [0.25, 0.3) is 32.7 Å². The lowest BCUT2D eigenvalue weighted by Gasteiger charge is -2.03. The SMILES string of the molecule is COc1ccc(-c2csc3nc(-c4cccnc4)[nH]c(=O)c23)cc1. The number of aromatic nitrogens is 3. The molecule has 3 heterocycles. The van der Waals surface area contributed by atoms with Crippen molar-refractivity contribution < 1.29 is 4.74 Å². The van der Waals surface area contributed by atoms with Crippen molar-refractivity contribution in [2.75, 3.05) is 7.11 Å². The molecule has 0 aliphatic rings. The van der Waals surface area contributed by atoms with Crippen LogP contribution < -0.4 is 10.3 Å². The second-order valence-electron chi connectivity index (χ2n) is 5.21. The number of methoxy groups -OCH3 is 1. The summed E-state index contributed by atoms with van der Waals surface area (Å²) < 4.78 is 5.18. The van der Waals surface area contributed by atoms with Gasteiger partial charge >= 0.3 is 0 Å². The number of pyridine rings is 1. The number of benzene rings is 1. The molecule has 0 atom stereocenters. The first kappa shape index (κ1) is 14.6. The van der Waals surface area contributed by atoms with Crippen LogP contribution in [0.1, 0.15) is 0 Å². The quantitative estimate of drug-likeness (QED) is 0.619. The number of thiophene rings is 1. The molecular formula is C18H13N3O2S. The van der Waals surface area contributed by atoms with Crippen LogP contribution in [0.4, 0.5) is 0 Å². The van der Waals surface area contributed by atoms with Gasteiger partial charge in [-0.05, 0) is 29.8 Å². The van der Waals surface area contributed by atoms with Gasteiger partial charge in [-0.2, -0.15) is 0 Å². The Labute approximate surface area is 141 Å². The number of aromatic amines is 1. The molecule has 0 unspecified atom stereocenters. The van der Waals surface area contributed by atoms with Crippen molar-refractivity contribution in [2.45, 2.75) is 0 Å². The van der Waals surface area contributed by atoms with E-state index in [0.29, 0.717) is 16.0 Å². The average Bonchev–Trinajstić information content (AvgIpc) is 3.07. The lowest BCUT2D eigenvalue weighted by Crippen LogP contribution is -2.09. The van der Waals surface area contributed by atoms with Crippen LogP contribution in [-0.4, -0.2) is 22.1 Å². The Morgan fingerprint density at radius 3 is 2.67 bits per heavy atom. The third-order valence-corrected chi connectivity index (χ3v) is 4.65. The second kappa shape index (κ2) is 5.90. The predicted octanol–water partition coefficient (Wildman–Crippen LogP) is 3.72. The van der Waals surface area contributed by atoms with Crippen LogP contribution >= 0.6 is 11.3 Å². The summed E-state index contributed by atoms with van der Waals surface area (Å²) in [6.07, 6.45) is 3.37. The molecule has 0 radical (unpaired) electrons. The van der Waals surface area contributed by atoms with E-state index in [1.54, 1.807) is 19.5 Å². The maximum Gasteiger partial charge on any atom is 0.260 e. The Morgan fingerprint density at radius 2 is 1.96 bits per heavy atom. The minimum atomic E-state index is -0.147. The molecule has 0 fully saturated rings. The first-order valence-electron chi connectivity index (χ1n) is 7.32. The molecule has 24 heavy (non-hydrogen) atoms. The third kappa shape index (κ3) is 2.47. The normalized spacial score (nSPS) is 10.9. The van der Waals surface area contributed by atoms with Crippen molar-refractivity contribution in [3.05, 3.63) is 64.5 Å². The van der Waals surface area contributed by atoms with Gasteiger partial charge in [0.1, 0.15) is 16.4 Å². The van der Waals surface area contributed by atoms with Crippen molar-refractivity contribution in [1.82, 2.24) is 15.0 Å². The molecule has 0 aliphatic carbocycles. The minimum absolute atomic E-state index is 0.147. The van der Waals surface area contributed by atoms with Crippen molar-refractivity contribution in [1.29, 1.82) is 0 Å². The molecule has 118 valence electrons. The first-order valence-corrected chi connectivity index (χ1v) is 8.20. The second-order valence-corrected chi connectivity index (χ2v) is 6.07. The fraction of sp³-hybridized carbons (Fsp3) is 0.0556. The van der Waals surface area contributed by atoms with Crippen LogP contribution in [0.2, 0.25) is 0 Å². The van der Waals surface area contributed by atoms with E-state index >= 15 is 0 Å².